The Balaban J connectivity index is 1.49. The van der Waals surface area contributed by atoms with Crippen molar-refractivity contribution >= 4 is 46.3 Å². The van der Waals surface area contributed by atoms with Gasteiger partial charge in [-0.3, -0.25) is 4.79 Å². The molecule has 1 atom stereocenters. The Bertz CT molecular complexity index is 1370. The van der Waals surface area contributed by atoms with Gasteiger partial charge in [0.15, 0.2) is 0 Å². The molecule has 5 rings (SSSR count). The molecule has 3 N–H and O–H groups in total. The fourth-order valence-electron chi connectivity index (χ4n) is 4.71. The lowest BCUT2D eigenvalue weighted by molar-refractivity contribution is -0.137. The second kappa shape index (κ2) is 11.3. The van der Waals surface area contributed by atoms with Crippen molar-refractivity contribution in [1.29, 1.82) is 0 Å². The van der Waals surface area contributed by atoms with E-state index in [0.717, 1.165) is 41.9 Å². The lowest BCUT2D eigenvalue weighted by atomic mass is 10.1. The van der Waals surface area contributed by atoms with Crippen molar-refractivity contribution in [3.63, 3.8) is 0 Å². The topological polar surface area (TPSA) is 93.6 Å². The van der Waals surface area contributed by atoms with E-state index >= 15 is 0 Å². The summed E-state index contributed by atoms with van der Waals surface area (Å²) in [6.07, 6.45) is -3.20. The first-order valence-corrected chi connectivity index (χ1v) is 14.4. The zero-order valence-corrected chi connectivity index (χ0v) is 23.1. The van der Waals surface area contributed by atoms with Crippen molar-refractivity contribution < 1.29 is 23.1 Å². The first kappa shape index (κ1) is 27.7. The second-order valence-electron chi connectivity index (χ2n) is 9.39. The van der Waals surface area contributed by atoms with Crippen LogP contribution in [0.1, 0.15) is 27.7 Å². The van der Waals surface area contributed by atoms with Gasteiger partial charge in [-0.1, -0.05) is 6.92 Å². The number of hydrogen-bond acceptors (Lipinski definition) is 9. The van der Waals surface area contributed by atoms with Gasteiger partial charge in [0.25, 0.3) is 5.91 Å². The number of thiophene rings is 1. The van der Waals surface area contributed by atoms with Crippen molar-refractivity contribution in [3.05, 3.63) is 46.5 Å². The summed E-state index contributed by atoms with van der Waals surface area (Å²) in [6, 6.07) is 7.41. The third kappa shape index (κ3) is 5.72. The van der Waals surface area contributed by atoms with Gasteiger partial charge >= 0.3 is 6.18 Å². The van der Waals surface area contributed by atoms with Crippen LogP contribution in [0.3, 0.4) is 0 Å². The lowest BCUT2D eigenvalue weighted by Gasteiger charge is -2.37. The molecule has 0 aliphatic carbocycles. The minimum atomic E-state index is -4.66. The number of hydrogen-bond donors (Lipinski definition) is 3. The zero-order valence-electron chi connectivity index (χ0n) is 21.5. The van der Waals surface area contributed by atoms with Crippen molar-refractivity contribution in [2.75, 3.05) is 55.8 Å². The highest BCUT2D eigenvalue weighted by atomic mass is 32.2. The van der Waals surface area contributed by atoms with Gasteiger partial charge in [-0.05, 0) is 36.2 Å². The number of benzene rings is 1. The maximum absolute atomic E-state index is 14.0. The molecule has 4 heterocycles. The highest BCUT2D eigenvalue weighted by Gasteiger charge is 2.37. The molecule has 13 heteroatoms. The van der Waals surface area contributed by atoms with Crippen LogP contribution in [0.15, 0.2) is 35.4 Å². The SMILES string of the molecule is CCc1cc(N2CCNCC2CO)ccc1Nc1ncc(C(F)(F)F)c(-c2cc3c(s2)C(=O)N(C)CCS3)n1. The van der Waals surface area contributed by atoms with Gasteiger partial charge in [0.2, 0.25) is 5.95 Å². The molecular weight excluding hydrogens is 549 g/mol. The quantitative estimate of drug-likeness (QED) is 0.395. The van der Waals surface area contributed by atoms with Crippen LogP contribution in [0.2, 0.25) is 0 Å². The Morgan fingerprint density at radius 3 is 2.82 bits per heavy atom. The summed E-state index contributed by atoms with van der Waals surface area (Å²) in [5, 5.41) is 16.2. The number of carbonyl (C=O) groups is 1. The summed E-state index contributed by atoms with van der Waals surface area (Å²) >= 11 is 2.48. The van der Waals surface area contributed by atoms with E-state index in [1.807, 2.05) is 25.1 Å². The number of alkyl halides is 3. The Hall–Kier alpha value is -2.87. The molecule has 0 bridgehead atoms. The zero-order chi connectivity index (χ0) is 27.7. The van der Waals surface area contributed by atoms with E-state index in [-0.39, 0.29) is 35.1 Å². The smallest absolute Gasteiger partial charge is 0.394 e. The van der Waals surface area contributed by atoms with Gasteiger partial charge < -0.3 is 25.5 Å². The van der Waals surface area contributed by atoms with Crippen molar-refractivity contribution in [1.82, 2.24) is 20.2 Å². The molecule has 208 valence electrons. The van der Waals surface area contributed by atoms with Crippen LogP contribution in [-0.2, 0) is 12.6 Å². The molecule has 1 aromatic carbocycles. The van der Waals surface area contributed by atoms with Crippen LogP contribution in [-0.4, -0.2) is 77.5 Å². The Labute approximate surface area is 232 Å². The average molecular weight is 579 g/mol. The van der Waals surface area contributed by atoms with E-state index in [4.69, 9.17) is 0 Å². The number of carbonyl (C=O) groups excluding carboxylic acids is 1. The van der Waals surface area contributed by atoms with Crippen LogP contribution < -0.4 is 15.5 Å². The largest absolute Gasteiger partial charge is 0.420 e. The summed E-state index contributed by atoms with van der Waals surface area (Å²) in [4.78, 5) is 26.2. The number of aromatic nitrogens is 2. The van der Waals surface area contributed by atoms with E-state index in [9.17, 15) is 23.1 Å². The van der Waals surface area contributed by atoms with Crippen molar-refractivity contribution in [2.24, 2.45) is 0 Å². The molecule has 1 unspecified atom stereocenters. The third-order valence-corrected chi connectivity index (χ3v) is 9.14. The van der Waals surface area contributed by atoms with Gasteiger partial charge in [0.05, 0.1) is 23.2 Å². The Morgan fingerprint density at radius 1 is 1.26 bits per heavy atom. The van der Waals surface area contributed by atoms with Gasteiger partial charge in [-0.2, -0.15) is 13.2 Å². The summed E-state index contributed by atoms with van der Waals surface area (Å²) < 4.78 is 41.9. The van der Waals surface area contributed by atoms with Crippen molar-refractivity contribution in [2.45, 2.75) is 30.5 Å². The molecule has 3 aromatic rings. The summed E-state index contributed by atoms with van der Waals surface area (Å²) in [5.74, 6) is 0.500. The number of nitrogens with zero attached hydrogens (tertiary/aromatic N) is 4. The van der Waals surface area contributed by atoms with E-state index in [2.05, 4.69) is 25.5 Å². The molecule has 39 heavy (non-hydrogen) atoms. The minimum absolute atomic E-state index is 0.0309. The van der Waals surface area contributed by atoms with E-state index in [1.165, 1.54) is 11.8 Å². The first-order chi connectivity index (χ1) is 18.7. The number of aliphatic hydroxyl groups excluding tert-OH is 1. The number of nitrogens with one attached hydrogen (secondary N) is 2. The average Bonchev–Trinajstić information content (AvgIpc) is 3.30. The van der Waals surface area contributed by atoms with E-state index < -0.39 is 11.7 Å². The van der Waals surface area contributed by atoms with Crippen LogP contribution in [0.5, 0.6) is 0 Å². The third-order valence-electron chi connectivity index (χ3n) is 6.86. The fraction of sp³-hybridized carbons (Fsp3) is 0.423. The second-order valence-corrected chi connectivity index (χ2v) is 11.6. The molecular formula is C26H29F3N6O2S2. The van der Waals surface area contributed by atoms with Crippen molar-refractivity contribution in [3.8, 4) is 10.6 Å². The molecule has 1 fully saturated rings. The number of fused-ring (bicyclic) bond motifs is 1. The van der Waals surface area contributed by atoms with E-state index in [1.54, 1.807) is 18.0 Å². The number of amides is 1. The number of piperazine rings is 1. The number of aryl methyl sites for hydroxylation is 1. The number of halogens is 3. The summed E-state index contributed by atoms with van der Waals surface area (Å²) in [7, 11) is 1.69. The molecule has 0 saturated carbocycles. The van der Waals surface area contributed by atoms with Gasteiger partial charge in [-0.25, -0.2) is 9.97 Å². The molecule has 1 amide bonds. The summed E-state index contributed by atoms with van der Waals surface area (Å²) in [6.45, 7) is 4.86. The predicted octanol–water partition coefficient (Wildman–Crippen LogP) is 4.48. The lowest BCUT2D eigenvalue weighted by Crippen LogP contribution is -2.53. The van der Waals surface area contributed by atoms with E-state index in [0.29, 0.717) is 40.7 Å². The number of thioether (sulfide) groups is 1. The Kier molecular flexibility index (Phi) is 8.04. The molecule has 8 nitrogen and oxygen atoms in total. The highest BCUT2D eigenvalue weighted by Crippen LogP contribution is 2.43. The fourth-order valence-corrected chi connectivity index (χ4v) is 7.14. The van der Waals surface area contributed by atoms with Gasteiger partial charge in [0.1, 0.15) is 10.4 Å². The molecule has 2 aliphatic rings. The summed E-state index contributed by atoms with van der Waals surface area (Å²) in [5.41, 5.74) is 1.40. The number of aliphatic hydroxyl groups is 1. The Morgan fingerprint density at radius 2 is 2.08 bits per heavy atom. The normalized spacial score (nSPS) is 18.2. The predicted molar refractivity (Wildman–Crippen MR) is 148 cm³/mol. The van der Waals surface area contributed by atoms with Crippen LogP contribution in [0.4, 0.5) is 30.5 Å². The molecule has 0 spiro atoms. The highest BCUT2D eigenvalue weighted by molar-refractivity contribution is 7.99. The standard InChI is InChI=1S/C26H29F3N6O2S2/c1-3-15-10-16(35-7-6-30-12-17(35)14-36)4-5-19(15)32-25-31-13-18(26(27,28)29)22(33-25)20-11-21-23(39-20)24(37)34(2)8-9-38-21/h4-5,10-11,13,17,30,36H,3,6-9,12,14H2,1-2H3,(H,31,32,33). The maximum Gasteiger partial charge on any atom is 0.420 e. The first-order valence-electron chi connectivity index (χ1n) is 12.6. The maximum atomic E-state index is 14.0. The molecule has 2 aliphatic heterocycles. The minimum Gasteiger partial charge on any atom is -0.394 e. The molecule has 0 radical (unpaired) electrons. The molecule has 1 saturated heterocycles. The molecule has 2 aromatic heterocycles. The van der Waals surface area contributed by atoms with Crippen LogP contribution >= 0.6 is 23.1 Å². The number of anilines is 3. The van der Waals surface area contributed by atoms with Gasteiger partial charge in [-0.15, -0.1) is 23.1 Å². The number of rotatable bonds is 6. The monoisotopic (exact) mass is 578 g/mol. The van der Waals surface area contributed by atoms with Gasteiger partial charge in [0, 0.05) is 61.4 Å². The van der Waals surface area contributed by atoms with Crippen LogP contribution in [0, 0.1) is 0 Å². The van der Waals surface area contributed by atoms with Crippen LogP contribution in [0.25, 0.3) is 10.6 Å².